The minimum Gasteiger partial charge on any atom is -0.122 e. The van der Waals surface area contributed by atoms with E-state index in [1.165, 1.54) is 19.3 Å². The molecular weight excluding hydrogens is 180 g/mol. The third kappa shape index (κ3) is 2.87. The lowest BCUT2D eigenvalue weighted by molar-refractivity contribution is 0.181. The van der Waals surface area contributed by atoms with Crippen molar-refractivity contribution in [2.45, 2.75) is 52.3 Å². The van der Waals surface area contributed by atoms with Crippen LogP contribution < -0.4 is 0 Å². The van der Waals surface area contributed by atoms with E-state index in [1.807, 2.05) is 0 Å². The molecule has 1 fully saturated rings. The highest BCUT2D eigenvalue weighted by molar-refractivity contribution is 6.21. The minimum atomic E-state index is 0.387. The van der Waals surface area contributed by atoms with Crippen molar-refractivity contribution in [1.29, 1.82) is 0 Å². The van der Waals surface area contributed by atoms with Gasteiger partial charge >= 0.3 is 0 Å². The third-order valence-corrected chi connectivity index (χ3v) is 4.39. The second-order valence-electron chi connectivity index (χ2n) is 5.25. The summed E-state index contributed by atoms with van der Waals surface area (Å²) in [5, 5.41) is 0.387. The highest BCUT2D eigenvalue weighted by Gasteiger charge is 2.32. The Kier molecular flexibility index (Phi) is 4.09. The average Bonchev–Trinajstić information content (AvgIpc) is 2.08. The van der Waals surface area contributed by atoms with E-state index in [4.69, 9.17) is 11.6 Å². The molecule has 1 heteroatoms. The third-order valence-electron chi connectivity index (χ3n) is 3.57. The molecule has 0 saturated heterocycles. The van der Waals surface area contributed by atoms with Crippen LogP contribution in [0.2, 0.25) is 0 Å². The molecule has 13 heavy (non-hydrogen) atoms. The Bertz CT molecular complexity index is 153. The first-order valence-electron chi connectivity index (χ1n) is 5.66. The first kappa shape index (κ1) is 11.4. The molecule has 0 radical (unpaired) electrons. The van der Waals surface area contributed by atoms with Crippen molar-refractivity contribution in [3.8, 4) is 0 Å². The van der Waals surface area contributed by atoms with Gasteiger partial charge in [0.15, 0.2) is 0 Å². The Labute approximate surface area is 88.1 Å². The lowest BCUT2D eigenvalue weighted by atomic mass is 9.72. The van der Waals surface area contributed by atoms with Crippen molar-refractivity contribution in [3.63, 3.8) is 0 Å². The first-order valence-corrected chi connectivity index (χ1v) is 6.10. The quantitative estimate of drug-likeness (QED) is 0.585. The Balaban J connectivity index is 2.54. The van der Waals surface area contributed by atoms with Gasteiger partial charge in [-0.05, 0) is 30.1 Å². The molecule has 0 heterocycles. The predicted octanol–water partition coefficient (Wildman–Crippen LogP) is 4.32. The maximum atomic E-state index is 6.45. The topological polar surface area (TPSA) is 0 Å². The van der Waals surface area contributed by atoms with Gasteiger partial charge < -0.3 is 0 Å². The Hall–Kier alpha value is 0.290. The van der Waals surface area contributed by atoms with E-state index in [0.717, 1.165) is 17.8 Å². The van der Waals surface area contributed by atoms with Crippen LogP contribution in [-0.2, 0) is 0 Å². The smallest absolute Gasteiger partial charge is 0.0389 e. The summed E-state index contributed by atoms with van der Waals surface area (Å²) in [7, 11) is 0. The molecule has 0 aromatic carbocycles. The summed E-state index contributed by atoms with van der Waals surface area (Å²) < 4.78 is 0. The molecule has 0 aromatic heterocycles. The second-order valence-corrected chi connectivity index (χ2v) is 5.75. The molecule has 1 rings (SSSR count). The van der Waals surface area contributed by atoms with Crippen LogP contribution in [-0.4, -0.2) is 5.38 Å². The van der Waals surface area contributed by atoms with Crippen LogP contribution in [0.5, 0.6) is 0 Å². The van der Waals surface area contributed by atoms with Gasteiger partial charge in [0.25, 0.3) is 0 Å². The van der Waals surface area contributed by atoms with Crippen molar-refractivity contribution in [1.82, 2.24) is 0 Å². The fourth-order valence-corrected chi connectivity index (χ4v) is 2.87. The molecule has 4 atom stereocenters. The second kappa shape index (κ2) is 4.68. The molecule has 0 spiro atoms. The Morgan fingerprint density at radius 3 is 2.31 bits per heavy atom. The normalized spacial score (nSPS) is 37.8. The minimum absolute atomic E-state index is 0.387. The highest BCUT2D eigenvalue weighted by Crippen LogP contribution is 2.39. The van der Waals surface area contributed by atoms with Gasteiger partial charge in [0, 0.05) is 5.38 Å². The molecule has 0 N–H and O–H groups in total. The van der Waals surface area contributed by atoms with E-state index in [0.29, 0.717) is 11.3 Å². The zero-order chi connectivity index (χ0) is 10.0. The van der Waals surface area contributed by atoms with Gasteiger partial charge in [-0.2, -0.15) is 0 Å². The average molecular weight is 203 g/mol. The number of alkyl halides is 1. The zero-order valence-electron chi connectivity index (χ0n) is 9.39. The van der Waals surface area contributed by atoms with Crippen LogP contribution in [0.3, 0.4) is 0 Å². The summed E-state index contributed by atoms with van der Waals surface area (Å²) >= 11 is 6.45. The van der Waals surface area contributed by atoms with Gasteiger partial charge in [0.2, 0.25) is 0 Å². The summed E-state index contributed by atoms with van der Waals surface area (Å²) in [6, 6.07) is 0. The predicted molar refractivity (Wildman–Crippen MR) is 60.1 cm³/mol. The van der Waals surface area contributed by atoms with E-state index in [9.17, 15) is 0 Å². The molecule has 0 amide bonds. The van der Waals surface area contributed by atoms with Gasteiger partial charge in [0.1, 0.15) is 0 Å². The number of rotatable bonds is 2. The van der Waals surface area contributed by atoms with E-state index >= 15 is 0 Å². The largest absolute Gasteiger partial charge is 0.122 e. The lowest BCUT2D eigenvalue weighted by Crippen LogP contribution is -2.31. The molecular formula is C12H23Cl. The summed E-state index contributed by atoms with van der Waals surface area (Å²) in [5.41, 5.74) is 0. The van der Waals surface area contributed by atoms with Gasteiger partial charge in [-0.1, -0.05) is 40.5 Å². The lowest BCUT2D eigenvalue weighted by Gasteiger charge is -2.37. The van der Waals surface area contributed by atoms with Crippen molar-refractivity contribution < 1.29 is 0 Å². The Morgan fingerprint density at radius 2 is 1.77 bits per heavy atom. The van der Waals surface area contributed by atoms with Crippen LogP contribution in [0.15, 0.2) is 0 Å². The van der Waals surface area contributed by atoms with Crippen LogP contribution in [0.4, 0.5) is 0 Å². The SMILES string of the molecule is CC1CCC(C)C(C(Cl)C(C)C)C1. The number of hydrogen-bond acceptors (Lipinski definition) is 0. The standard InChI is InChI=1S/C12H23Cl/c1-8(2)12(13)11-7-9(3)5-6-10(11)4/h8-12H,5-7H2,1-4H3. The van der Waals surface area contributed by atoms with E-state index in [1.54, 1.807) is 0 Å². The maximum Gasteiger partial charge on any atom is 0.0389 e. The number of halogens is 1. The van der Waals surface area contributed by atoms with Gasteiger partial charge in [-0.3, -0.25) is 0 Å². The summed E-state index contributed by atoms with van der Waals surface area (Å²) in [6.07, 6.45) is 4.12. The van der Waals surface area contributed by atoms with Crippen LogP contribution in [0, 0.1) is 23.7 Å². The summed E-state index contributed by atoms with van der Waals surface area (Å²) in [4.78, 5) is 0. The van der Waals surface area contributed by atoms with Crippen molar-refractivity contribution in [2.24, 2.45) is 23.7 Å². The molecule has 1 aliphatic carbocycles. The molecule has 0 aliphatic heterocycles. The van der Waals surface area contributed by atoms with E-state index in [-0.39, 0.29) is 0 Å². The van der Waals surface area contributed by atoms with Crippen LogP contribution in [0.25, 0.3) is 0 Å². The van der Waals surface area contributed by atoms with Crippen LogP contribution >= 0.6 is 11.6 Å². The molecule has 78 valence electrons. The van der Waals surface area contributed by atoms with E-state index in [2.05, 4.69) is 27.7 Å². The Morgan fingerprint density at radius 1 is 1.15 bits per heavy atom. The van der Waals surface area contributed by atoms with E-state index < -0.39 is 0 Å². The fourth-order valence-electron chi connectivity index (χ4n) is 2.51. The van der Waals surface area contributed by atoms with Gasteiger partial charge in [-0.15, -0.1) is 11.6 Å². The van der Waals surface area contributed by atoms with Crippen molar-refractivity contribution in [3.05, 3.63) is 0 Å². The molecule has 0 aromatic rings. The monoisotopic (exact) mass is 202 g/mol. The molecule has 0 bridgehead atoms. The number of hydrogen-bond donors (Lipinski definition) is 0. The zero-order valence-corrected chi connectivity index (χ0v) is 10.1. The molecule has 4 unspecified atom stereocenters. The van der Waals surface area contributed by atoms with Gasteiger partial charge in [-0.25, -0.2) is 0 Å². The highest BCUT2D eigenvalue weighted by atomic mass is 35.5. The first-order chi connectivity index (χ1) is 6.02. The fraction of sp³-hybridized carbons (Fsp3) is 1.00. The summed E-state index contributed by atoms with van der Waals surface area (Å²) in [6.45, 7) is 9.21. The van der Waals surface area contributed by atoms with Gasteiger partial charge in [0.05, 0.1) is 0 Å². The summed E-state index contributed by atoms with van der Waals surface area (Å²) in [5.74, 6) is 3.10. The maximum absolute atomic E-state index is 6.45. The molecule has 1 saturated carbocycles. The molecule has 0 nitrogen and oxygen atoms in total. The van der Waals surface area contributed by atoms with Crippen molar-refractivity contribution >= 4 is 11.6 Å². The molecule has 1 aliphatic rings. The van der Waals surface area contributed by atoms with Crippen molar-refractivity contribution in [2.75, 3.05) is 0 Å². The van der Waals surface area contributed by atoms with Crippen LogP contribution in [0.1, 0.15) is 47.0 Å².